The minimum absolute atomic E-state index is 0.0647. The number of H-pyrrole nitrogens is 1. The maximum absolute atomic E-state index is 11.3. The number of nitrogens with one attached hydrogen (secondary N) is 2. The summed E-state index contributed by atoms with van der Waals surface area (Å²) in [5.41, 5.74) is 1.77. The normalized spacial score (nSPS) is 10.3. The highest BCUT2D eigenvalue weighted by atomic mass is 35.5. The van der Waals surface area contributed by atoms with Gasteiger partial charge in [-0.05, 0) is 11.1 Å². The van der Waals surface area contributed by atoms with E-state index in [-0.39, 0.29) is 10.6 Å². The van der Waals surface area contributed by atoms with Crippen molar-refractivity contribution in [2.45, 2.75) is 12.4 Å². The summed E-state index contributed by atoms with van der Waals surface area (Å²) in [6.07, 6.45) is 1.31. The average Bonchev–Trinajstić information content (AvgIpc) is 2.41. The number of alkyl halides is 1. The number of benzene rings is 1. The predicted octanol–water partition coefficient (Wildman–Crippen LogP) is 2.77. The summed E-state index contributed by atoms with van der Waals surface area (Å²) in [6, 6.07) is 7.84. The van der Waals surface area contributed by atoms with Crippen molar-refractivity contribution < 1.29 is 0 Å². The molecule has 0 bridgehead atoms. The second-order valence-corrected chi connectivity index (χ2v) is 4.34. The van der Waals surface area contributed by atoms with Crippen LogP contribution in [0.3, 0.4) is 0 Å². The summed E-state index contributed by atoms with van der Waals surface area (Å²) in [5, 5.41) is 3.08. The largest absolute Gasteiger partial charge is 0.365 e. The van der Waals surface area contributed by atoms with Gasteiger partial charge in [-0.3, -0.25) is 4.79 Å². The van der Waals surface area contributed by atoms with Gasteiger partial charge in [0.05, 0.1) is 6.33 Å². The quantitative estimate of drug-likeness (QED) is 0.849. The van der Waals surface area contributed by atoms with Crippen LogP contribution in [-0.2, 0) is 12.4 Å². The van der Waals surface area contributed by atoms with E-state index >= 15 is 0 Å². The zero-order chi connectivity index (χ0) is 13.0. The monoisotopic (exact) mass is 283 g/mol. The minimum Gasteiger partial charge on any atom is -0.365 e. The molecule has 1 aromatic heterocycles. The van der Waals surface area contributed by atoms with Gasteiger partial charge < -0.3 is 10.3 Å². The van der Waals surface area contributed by atoms with Gasteiger partial charge in [-0.15, -0.1) is 11.6 Å². The van der Waals surface area contributed by atoms with E-state index in [4.69, 9.17) is 23.2 Å². The van der Waals surface area contributed by atoms with E-state index in [1.807, 2.05) is 24.3 Å². The van der Waals surface area contributed by atoms with E-state index in [0.717, 1.165) is 11.1 Å². The molecule has 18 heavy (non-hydrogen) atoms. The molecule has 0 unspecified atom stereocenters. The van der Waals surface area contributed by atoms with Crippen LogP contribution in [0.1, 0.15) is 11.1 Å². The number of aromatic nitrogens is 2. The van der Waals surface area contributed by atoms with Crippen LogP contribution in [0.25, 0.3) is 0 Å². The summed E-state index contributed by atoms with van der Waals surface area (Å²) in [6.45, 7) is 0.540. The summed E-state index contributed by atoms with van der Waals surface area (Å²) in [4.78, 5) is 17.6. The van der Waals surface area contributed by atoms with E-state index in [9.17, 15) is 4.79 Å². The molecule has 4 nitrogen and oxygen atoms in total. The Morgan fingerprint density at radius 3 is 2.56 bits per heavy atom. The van der Waals surface area contributed by atoms with Gasteiger partial charge in [-0.25, -0.2) is 4.98 Å². The van der Waals surface area contributed by atoms with Crippen molar-refractivity contribution in [1.29, 1.82) is 0 Å². The van der Waals surface area contributed by atoms with Crippen molar-refractivity contribution in [3.8, 4) is 0 Å². The molecule has 2 N–H and O–H groups in total. The summed E-state index contributed by atoms with van der Waals surface area (Å²) >= 11 is 11.5. The van der Waals surface area contributed by atoms with Crippen molar-refractivity contribution >= 4 is 29.0 Å². The van der Waals surface area contributed by atoms with Crippen molar-refractivity contribution in [1.82, 2.24) is 9.97 Å². The van der Waals surface area contributed by atoms with Crippen LogP contribution < -0.4 is 10.9 Å². The van der Waals surface area contributed by atoms with Crippen molar-refractivity contribution in [2.24, 2.45) is 0 Å². The first-order valence-electron chi connectivity index (χ1n) is 5.31. The fourth-order valence-corrected chi connectivity index (χ4v) is 1.79. The highest BCUT2D eigenvalue weighted by Crippen LogP contribution is 2.14. The Morgan fingerprint density at radius 1 is 1.22 bits per heavy atom. The molecule has 1 aromatic carbocycles. The lowest BCUT2D eigenvalue weighted by Crippen LogP contribution is -2.11. The van der Waals surface area contributed by atoms with Crippen LogP contribution in [-0.4, -0.2) is 9.97 Å². The summed E-state index contributed by atoms with van der Waals surface area (Å²) < 4.78 is 0. The molecule has 94 valence electrons. The van der Waals surface area contributed by atoms with Gasteiger partial charge in [0.25, 0.3) is 5.56 Å². The Bertz CT molecular complexity index is 581. The maximum atomic E-state index is 11.3. The summed E-state index contributed by atoms with van der Waals surface area (Å²) in [5.74, 6) is 0.872. The summed E-state index contributed by atoms with van der Waals surface area (Å²) in [7, 11) is 0. The lowest BCUT2D eigenvalue weighted by Gasteiger charge is -2.06. The molecule has 2 aromatic rings. The molecule has 0 aliphatic carbocycles. The lowest BCUT2D eigenvalue weighted by atomic mass is 10.1. The Labute approximate surface area is 114 Å². The molecule has 0 atom stereocenters. The third kappa shape index (κ3) is 3.03. The van der Waals surface area contributed by atoms with E-state index in [2.05, 4.69) is 15.3 Å². The first kappa shape index (κ1) is 12.9. The second kappa shape index (κ2) is 5.89. The number of halogens is 2. The van der Waals surface area contributed by atoms with Gasteiger partial charge in [0, 0.05) is 12.4 Å². The number of rotatable bonds is 4. The lowest BCUT2D eigenvalue weighted by molar-refractivity contribution is 1.06. The van der Waals surface area contributed by atoms with Crippen LogP contribution in [0.5, 0.6) is 0 Å². The molecule has 0 amide bonds. The van der Waals surface area contributed by atoms with Crippen molar-refractivity contribution in [3.05, 3.63) is 57.1 Å². The Balaban J connectivity index is 2.06. The standard InChI is InChI=1S/C12H11Cl2N3O/c13-5-8-1-3-9(4-2-8)6-15-11-10(14)12(18)17-7-16-11/h1-4,7H,5-6H2,(H2,15,16,17,18). The number of hydrogen-bond acceptors (Lipinski definition) is 3. The second-order valence-electron chi connectivity index (χ2n) is 3.70. The first-order chi connectivity index (χ1) is 8.70. The number of hydrogen-bond donors (Lipinski definition) is 2. The molecule has 0 aliphatic rings. The van der Waals surface area contributed by atoms with Crippen molar-refractivity contribution in [3.63, 3.8) is 0 Å². The molecule has 6 heteroatoms. The van der Waals surface area contributed by atoms with E-state index < -0.39 is 0 Å². The molecule has 0 spiro atoms. The minimum atomic E-state index is -0.355. The molecule has 0 fully saturated rings. The van der Waals surface area contributed by atoms with Gasteiger partial charge in [0.1, 0.15) is 5.02 Å². The van der Waals surface area contributed by atoms with Gasteiger partial charge in [-0.2, -0.15) is 0 Å². The van der Waals surface area contributed by atoms with Crippen LogP contribution in [0.4, 0.5) is 5.82 Å². The smallest absolute Gasteiger partial charge is 0.271 e. The van der Waals surface area contributed by atoms with E-state index in [0.29, 0.717) is 18.2 Å². The highest BCUT2D eigenvalue weighted by molar-refractivity contribution is 6.32. The number of aromatic amines is 1. The van der Waals surface area contributed by atoms with Gasteiger partial charge in [0.2, 0.25) is 0 Å². The molecule has 0 aliphatic heterocycles. The molecular weight excluding hydrogens is 273 g/mol. The van der Waals surface area contributed by atoms with Gasteiger partial charge in [-0.1, -0.05) is 35.9 Å². The highest BCUT2D eigenvalue weighted by Gasteiger charge is 2.04. The third-order valence-electron chi connectivity index (χ3n) is 2.43. The van der Waals surface area contributed by atoms with Gasteiger partial charge >= 0.3 is 0 Å². The zero-order valence-electron chi connectivity index (χ0n) is 9.41. The molecule has 0 saturated heterocycles. The maximum Gasteiger partial charge on any atom is 0.271 e. The van der Waals surface area contributed by atoms with Gasteiger partial charge in [0.15, 0.2) is 5.82 Å². The fourth-order valence-electron chi connectivity index (χ4n) is 1.44. The van der Waals surface area contributed by atoms with Crippen LogP contribution in [0.2, 0.25) is 5.02 Å². The number of nitrogens with zero attached hydrogens (tertiary/aromatic N) is 1. The van der Waals surface area contributed by atoms with Crippen LogP contribution >= 0.6 is 23.2 Å². The molecule has 1 heterocycles. The van der Waals surface area contributed by atoms with E-state index in [1.54, 1.807) is 0 Å². The predicted molar refractivity (Wildman–Crippen MR) is 73.2 cm³/mol. The Morgan fingerprint density at radius 2 is 1.89 bits per heavy atom. The Kier molecular flexibility index (Phi) is 4.23. The molecular formula is C12H11Cl2N3O. The molecule has 0 saturated carbocycles. The number of anilines is 1. The van der Waals surface area contributed by atoms with Crippen molar-refractivity contribution in [2.75, 3.05) is 5.32 Å². The topological polar surface area (TPSA) is 57.8 Å². The SMILES string of the molecule is O=c1[nH]cnc(NCc2ccc(CCl)cc2)c1Cl. The van der Waals surface area contributed by atoms with Crippen LogP contribution in [0, 0.1) is 0 Å². The Hall–Kier alpha value is -1.52. The molecule has 2 rings (SSSR count). The zero-order valence-corrected chi connectivity index (χ0v) is 10.9. The molecule has 0 radical (unpaired) electrons. The average molecular weight is 284 g/mol. The van der Waals surface area contributed by atoms with E-state index in [1.165, 1.54) is 6.33 Å². The third-order valence-corrected chi connectivity index (χ3v) is 3.09. The van der Waals surface area contributed by atoms with Crippen LogP contribution in [0.15, 0.2) is 35.4 Å². The first-order valence-corrected chi connectivity index (χ1v) is 6.23. The fraction of sp³-hybridized carbons (Fsp3) is 0.167.